The van der Waals surface area contributed by atoms with E-state index in [0.29, 0.717) is 5.82 Å². The Labute approximate surface area is 118 Å². The van der Waals surface area contributed by atoms with E-state index in [1.54, 1.807) is 6.92 Å². The number of nitro groups is 1. The number of carbonyl (C=O) groups is 1. The van der Waals surface area contributed by atoms with Gasteiger partial charge >= 0.3 is 11.7 Å². The molecule has 0 saturated heterocycles. The second-order valence-electron chi connectivity index (χ2n) is 3.90. The summed E-state index contributed by atoms with van der Waals surface area (Å²) >= 11 is 0. The summed E-state index contributed by atoms with van der Waals surface area (Å²) in [5.41, 5.74) is -0.328. The average Bonchev–Trinajstić information content (AvgIpc) is 2.89. The molecule has 0 aliphatic rings. The topological polar surface area (TPSA) is 133 Å². The van der Waals surface area contributed by atoms with E-state index >= 15 is 0 Å². The summed E-state index contributed by atoms with van der Waals surface area (Å²) in [4.78, 5) is 29.5. The number of esters is 1. The molecule has 0 amide bonds. The molecule has 0 spiro atoms. The second kappa shape index (κ2) is 5.94. The lowest BCUT2D eigenvalue weighted by atomic mass is 10.3. The van der Waals surface area contributed by atoms with E-state index in [0.717, 1.165) is 0 Å². The van der Waals surface area contributed by atoms with Gasteiger partial charge in [0, 0.05) is 6.07 Å². The van der Waals surface area contributed by atoms with Crippen molar-refractivity contribution in [3.8, 4) is 0 Å². The van der Waals surface area contributed by atoms with Gasteiger partial charge in [-0.1, -0.05) is 5.16 Å². The van der Waals surface area contributed by atoms with Crippen molar-refractivity contribution < 1.29 is 19.0 Å². The minimum atomic E-state index is -0.693. The molecule has 0 atom stereocenters. The van der Waals surface area contributed by atoms with Crippen molar-refractivity contribution in [2.24, 2.45) is 0 Å². The van der Waals surface area contributed by atoms with E-state index in [1.807, 2.05) is 0 Å². The summed E-state index contributed by atoms with van der Waals surface area (Å²) in [5.74, 6) is -0.0926. The summed E-state index contributed by atoms with van der Waals surface area (Å²) in [5, 5.41) is 17.2. The van der Waals surface area contributed by atoms with E-state index in [1.165, 1.54) is 19.2 Å². The number of hydrogen-bond acceptors (Lipinski definition) is 9. The molecule has 10 nitrogen and oxygen atoms in total. The van der Waals surface area contributed by atoms with Gasteiger partial charge in [-0.05, 0) is 13.0 Å². The van der Waals surface area contributed by atoms with Crippen LogP contribution in [-0.4, -0.2) is 33.1 Å². The van der Waals surface area contributed by atoms with Gasteiger partial charge in [-0.15, -0.1) is 0 Å². The van der Waals surface area contributed by atoms with Crippen LogP contribution in [0, 0.1) is 17.0 Å². The zero-order chi connectivity index (χ0) is 15.4. The Hall–Kier alpha value is -3.04. The first-order valence-corrected chi connectivity index (χ1v) is 5.78. The first-order chi connectivity index (χ1) is 10.0. The molecule has 0 unspecified atom stereocenters. The van der Waals surface area contributed by atoms with Gasteiger partial charge in [-0.25, -0.2) is 9.78 Å². The van der Waals surface area contributed by atoms with E-state index < -0.39 is 10.9 Å². The molecule has 0 fully saturated rings. The van der Waals surface area contributed by atoms with E-state index in [2.05, 4.69) is 25.2 Å². The third-order valence-corrected chi connectivity index (χ3v) is 2.44. The zero-order valence-corrected chi connectivity index (χ0v) is 11.2. The van der Waals surface area contributed by atoms with Crippen molar-refractivity contribution in [1.29, 1.82) is 0 Å². The number of ether oxygens (including phenoxy) is 1. The van der Waals surface area contributed by atoms with Gasteiger partial charge in [-0.3, -0.25) is 10.1 Å². The molecular formula is C11H11N5O5. The summed E-state index contributed by atoms with van der Waals surface area (Å²) in [7, 11) is 1.19. The number of aryl methyl sites for hydroxylation is 1. The van der Waals surface area contributed by atoms with Crippen molar-refractivity contribution in [1.82, 2.24) is 15.1 Å². The number of methoxy groups -OCH3 is 1. The minimum absolute atomic E-state index is 0.0410. The smallest absolute Gasteiger partial charge is 0.356 e. The molecule has 2 rings (SSSR count). The van der Waals surface area contributed by atoms with Crippen LogP contribution in [0.3, 0.4) is 0 Å². The summed E-state index contributed by atoms with van der Waals surface area (Å²) in [6, 6.07) is 2.38. The van der Waals surface area contributed by atoms with Crippen LogP contribution >= 0.6 is 0 Å². The fraction of sp³-hybridized carbons (Fsp3) is 0.273. The minimum Gasteiger partial charge on any atom is -0.464 e. The van der Waals surface area contributed by atoms with Crippen LogP contribution < -0.4 is 5.32 Å². The molecule has 0 bridgehead atoms. The monoisotopic (exact) mass is 293 g/mol. The second-order valence-corrected chi connectivity index (χ2v) is 3.90. The third-order valence-electron chi connectivity index (χ3n) is 2.44. The number of carbonyl (C=O) groups excluding carboxylic acids is 1. The van der Waals surface area contributed by atoms with Crippen LogP contribution in [0.5, 0.6) is 0 Å². The van der Waals surface area contributed by atoms with Gasteiger partial charge < -0.3 is 14.6 Å². The fourth-order valence-electron chi connectivity index (χ4n) is 1.52. The van der Waals surface area contributed by atoms with Gasteiger partial charge in [0.25, 0.3) is 0 Å². The first kappa shape index (κ1) is 14.4. The highest BCUT2D eigenvalue weighted by Gasteiger charge is 2.19. The third kappa shape index (κ3) is 3.29. The quantitative estimate of drug-likeness (QED) is 0.488. The van der Waals surface area contributed by atoms with Crippen LogP contribution in [0.25, 0.3) is 0 Å². The van der Waals surface area contributed by atoms with Crippen LogP contribution in [-0.2, 0) is 11.3 Å². The molecule has 2 aromatic heterocycles. The maximum atomic E-state index is 11.4. The standard InChI is InChI=1S/C11H11N5O5/c1-6-13-9(21-15-6)5-12-10-8(16(18)19)4-3-7(14-10)11(17)20-2/h3-4H,5H2,1-2H3,(H,12,14). The Bertz CT molecular complexity index is 683. The number of aromatic nitrogens is 3. The highest BCUT2D eigenvalue weighted by atomic mass is 16.6. The Balaban J connectivity index is 2.25. The Morgan fingerprint density at radius 1 is 1.48 bits per heavy atom. The highest BCUT2D eigenvalue weighted by molar-refractivity contribution is 5.88. The van der Waals surface area contributed by atoms with Crippen molar-refractivity contribution in [2.75, 3.05) is 12.4 Å². The van der Waals surface area contributed by atoms with Crippen molar-refractivity contribution in [3.05, 3.63) is 39.7 Å². The number of anilines is 1. The molecule has 10 heteroatoms. The molecule has 0 saturated carbocycles. The molecular weight excluding hydrogens is 282 g/mol. The lowest BCUT2D eigenvalue weighted by Crippen LogP contribution is -2.10. The van der Waals surface area contributed by atoms with Crippen LogP contribution in [0.4, 0.5) is 11.5 Å². The summed E-state index contributed by atoms with van der Waals surface area (Å²) in [6.45, 7) is 1.69. The van der Waals surface area contributed by atoms with E-state index in [-0.39, 0.29) is 29.6 Å². The van der Waals surface area contributed by atoms with E-state index in [9.17, 15) is 14.9 Å². The number of nitrogens with zero attached hydrogens (tertiary/aromatic N) is 4. The van der Waals surface area contributed by atoms with Crippen LogP contribution in [0.15, 0.2) is 16.7 Å². The Kier molecular flexibility index (Phi) is 4.07. The first-order valence-electron chi connectivity index (χ1n) is 5.78. The highest BCUT2D eigenvalue weighted by Crippen LogP contribution is 2.22. The lowest BCUT2D eigenvalue weighted by Gasteiger charge is -2.05. The SMILES string of the molecule is COC(=O)c1ccc([N+](=O)[O-])c(NCc2nc(C)no2)n1. The number of rotatable bonds is 5. The van der Waals surface area contributed by atoms with Crippen LogP contribution in [0.1, 0.15) is 22.2 Å². The molecule has 2 aromatic rings. The summed E-state index contributed by atoms with van der Waals surface area (Å²) < 4.78 is 9.39. The predicted molar refractivity (Wildman–Crippen MR) is 68.6 cm³/mol. The van der Waals surface area contributed by atoms with Gasteiger partial charge in [0.05, 0.1) is 18.6 Å². The number of nitrogens with one attached hydrogen (secondary N) is 1. The molecule has 21 heavy (non-hydrogen) atoms. The Morgan fingerprint density at radius 2 is 2.24 bits per heavy atom. The molecule has 1 N–H and O–H groups in total. The van der Waals surface area contributed by atoms with E-state index in [4.69, 9.17) is 4.52 Å². The normalized spacial score (nSPS) is 10.2. The van der Waals surface area contributed by atoms with Crippen molar-refractivity contribution in [3.63, 3.8) is 0 Å². The number of pyridine rings is 1. The average molecular weight is 293 g/mol. The van der Waals surface area contributed by atoms with Crippen molar-refractivity contribution in [2.45, 2.75) is 13.5 Å². The van der Waals surface area contributed by atoms with Gasteiger partial charge in [0.15, 0.2) is 11.5 Å². The molecule has 0 radical (unpaired) electrons. The summed E-state index contributed by atoms with van der Waals surface area (Å²) in [6.07, 6.45) is 0. The number of hydrogen-bond donors (Lipinski definition) is 1. The maximum absolute atomic E-state index is 11.4. The molecule has 0 aromatic carbocycles. The van der Waals surface area contributed by atoms with Crippen molar-refractivity contribution >= 4 is 17.5 Å². The molecule has 110 valence electrons. The van der Waals surface area contributed by atoms with Crippen LogP contribution in [0.2, 0.25) is 0 Å². The van der Waals surface area contributed by atoms with Gasteiger partial charge in [-0.2, -0.15) is 4.98 Å². The van der Waals surface area contributed by atoms with Gasteiger partial charge in [0.1, 0.15) is 0 Å². The zero-order valence-electron chi connectivity index (χ0n) is 11.2. The fourth-order valence-corrected chi connectivity index (χ4v) is 1.52. The molecule has 2 heterocycles. The lowest BCUT2D eigenvalue weighted by molar-refractivity contribution is -0.384. The molecule has 0 aliphatic carbocycles. The Morgan fingerprint density at radius 3 is 2.81 bits per heavy atom. The largest absolute Gasteiger partial charge is 0.464 e. The predicted octanol–water partition coefficient (Wildman–Crippen LogP) is 1.08. The maximum Gasteiger partial charge on any atom is 0.356 e. The molecule has 0 aliphatic heterocycles. The van der Waals surface area contributed by atoms with Gasteiger partial charge in [0.2, 0.25) is 11.7 Å².